The SMILES string of the molecule is O=C(Nc1nc2ccccc2nc1Cl)[C@@H]1CCCCN1. The van der Waals surface area contributed by atoms with Gasteiger partial charge in [-0.3, -0.25) is 4.79 Å². The maximum Gasteiger partial charge on any atom is 0.242 e. The van der Waals surface area contributed by atoms with Crippen LogP contribution in [0.3, 0.4) is 0 Å². The van der Waals surface area contributed by atoms with Crippen LogP contribution >= 0.6 is 11.6 Å². The molecule has 6 heteroatoms. The van der Waals surface area contributed by atoms with E-state index in [4.69, 9.17) is 11.6 Å². The summed E-state index contributed by atoms with van der Waals surface area (Å²) in [6, 6.07) is 7.25. The number of nitrogens with one attached hydrogen (secondary N) is 2. The zero-order chi connectivity index (χ0) is 13.9. The van der Waals surface area contributed by atoms with Gasteiger partial charge in [-0.1, -0.05) is 30.2 Å². The van der Waals surface area contributed by atoms with Gasteiger partial charge in [-0.25, -0.2) is 9.97 Å². The number of hydrogen-bond donors (Lipinski definition) is 2. The molecule has 2 N–H and O–H groups in total. The van der Waals surface area contributed by atoms with Gasteiger partial charge < -0.3 is 10.6 Å². The van der Waals surface area contributed by atoms with Crippen molar-refractivity contribution in [3.8, 4) is 0 Å². The Morgan fingerprint density at radius 1 is 1.25 bits per heavy atom. The zero-order valence-electron chi connectivity index (χ0n) is 10.9. The Morgan fingerprint density at radius 3 is 2.70 bits per heavy atom. The van der Waals surface area contributed by atoms with E-state index < -0.39 is 0 Å². The lowest BCUT2D eigenvalue weighted by Gasteiger charge is -2.22. The van der Waals surface area contributed by atoms with E-state index in [1.807, 2.05) is 24.3 Å². The molecule has 3 rings (SSSR count). The summed E-state index contributed by atoms with van der Waals surface area (Å²) in [4.78, 5) is 20.8. The molecule has 1 atom stereocenters. The predicted molar refractivity (Wildman–Crippen MR) is 78.8 cm³/mol. The molecule has 0 aliphatic carbocycles. The monoisotopic (exact) mass is 290 g/mol. The maximum atomic E-state index is 12.2. The fourth-order valence-corrected chi connectivity index (χ4v) is 2.52. The van der Waals surface area contributed by atoms with Crippen molar-refractivity contribution in [2.24, 2.45) is 0 Å². The van der Waals surface area contributed by atoms with Gasteiger partial charge in [0, 0.05) is 0 Å². The van der Waals surface area contributed by atoms with Gasteiger partial charge in [-0.2, -0.15) is 0 Å². The number of fused-ring (bicyclic) bond motifs is 1. The van der Waals surface area contributed by atoms with Gasteiger partial charge in [0.25, 0.3) is 0 Å². The molecular formula is C14H15ClN4O. The smallest absolute Gasteiger partial charge is 0.242 e. The minimum Gasteiger partial charge on any atom is -0.307 e. The third-order valence-corrected chi connectivity index (χ3v) is 3.66. The van der Waals surface area contributed by atoms with E-state index in [0.717, 1.165) is 25.8 Å². The second kappa shape index (κ2) is 5.73. The molecule has 5 nitrogen and oxygen atoms in total. The van der Waals surface area contributed by atoms with Crippen LogP contribution in [0.2, 0.25) is 5.15 Å². The summed E-state index contributed by atoms with van der Waals surface area (Å²) >= 11 is 6.08. The number of hydrogen-bond acceptors (Lipinski definition) is 4. The third-order valence-electron chi connectivity index (χ3n) is 3.40. The maximum absolute atomic E-state index is 12.2. The summed E-state index contributed by atoms with van der Waals surface area (Å²) in [7, 11) is 0. The minimum absolute atomic E-state index is 0.101. The fraction of sp³-hybridized carbons (Fsp3) is 0.357. The van der Waals surface area contributed by atoms with Gasteiger partial charge in [0.2, 0.25) is 5.91 Å². The quantitative estimate of drug-likeness (QED) is 0.891. The molecule has 1 aromatic carbocycles. The second-order valence-electron chi connectivity index (χ2n) is 4.84. The first-order chi connectivity index (χ1) is 9.74. The number of rotatable bonds is 2. The van der Waals surface area contributed by atoms with Crippen molar-refractivity contribution in [1.82, 2.24) is 15.3 Å². The summed E-state index contributed by atoms with van der Waals surface area (Å²) in [5.41, 5.74) is 1.43. The van der Waals surface area contributed by atoms with Crippen LogP contribution in [-0.4, -0.2) is 28.5 Å². The Balaban J connectivity index is 1.82. The lowest BCUT2D eigenvalue weighted by Crippen LogP contribution is -2.43. The Labute approximate surface area is 121 Å². The molecule has 2 heterocycles. The second-order valence-corrected chi connectivity index (χ2v) is 5.20. The average molecular weight is 291 g/mol. The molecule has 1 aromatic heterocycles. The number of piperidine rings is 1. The van der Waals surface area contributed by atoms with Gasteiger partial charge in [-0.15, -0.1) is 0 Å². The van der Waals surface area contributed by atoms with Crippen molar-refractivity contribution in [3.63, 3.8) is 0 Å². The van der Waals surface area contributed by atoms with E-state index in [9.17, 15) is 4.79 Å². The first-order valence-electron chi connectivity index (χ1n) is 6.70. The lowest BCUT2D eigenvalue weighted by molar-refractivity contribution is -0.118. The molecule has 1 saturated heterocycles. The van der Waals surface area contributed by atoms with E-state index in [1.54, 1.807) is 0 Å². The average Bonchev–Trinajstić information content (AvgIpc) is 2.49. The van der Waals surface area contributed by atoms with Crippen LogP contribution in [-0.2, 0) is 4.79 Å². The largest absolute Gasteiger partial charge is 0.307 e. The number of benzene rings is 1. The third kappa shape index (κ3) is 2.73. The van der Waals surface area contributed by atoms with Crippen LogP contribution in [0.1, 0.15) is 19.3 Å². The van der Waals surface area contributed by atoms with Crippen molar-refractivity contribution < 1.29 is 4.79 Å². The van der Waals surface area contributed by atoms with Crippen LogP contribution in [0.15, 0.2) is 24.3 Å². The van der Waals surface area contributed by atoms with Crippen LogP contribution in [0.4, 0.5) is 5.82 Å². The van der Waals surface area contributed by atoms with Crippen LogP contribution in [0.25, 0.3) is 11.0 Å². The number of nitrogens with zero attached hydrogens (tertiary/aromatic N) is 2. The Bertz CT molecular complexity index is 640. The van der Waals surface area contributed by atoms with Crippen molar-refractivity contribution >= 4 is 34.4 Å². The minimum atomic E-state index is -0.173. The van der Waals surface area contributed by atoms with Crippen molar-refractivity contribution in [3.05, 3.63) is 29.4 Å². The van der Waals surface area contributed by atoms with Gasteiger partial charge >= 0.3 is 0 Å². The first-order valence-corrected chi connectivity index (χ1v) is 7.08. The summed E-state index contributed by atoms with van der Waals surface area (Å²) in [5, 5.41) is 6.17. The molecule has 0 bridgehead atoms. The van der Waals surface area contributed by atoms with Gasteiger partial charge in [0.05, 0.1) is 17.1 Å². The topological polar surface area (TPSA) is 66.9 Å². The molecule has 20 heavy (non-hydrogen) atoms. The molecule has 0 unspecified atom stereocenters. The fourth-order valence-electron chi connectivity index (χ4n) is 2.34. The van der Waals surface area contributed by atoms with E-state index >= 15 is 0 Å². The highest BCUT2D eigenvalue weighted by atomic mass is 35.5. The molecule has 2 aromatic rings. The first kappa shape index (κ1) is 13.3. The van der Waals surface area contributed by atoms with Crippen molar-refractivity contribution in [2.75, 3.05) is 11.9 Å². The lowest BCUT2D eigenvalue weighted by atomic mass is 10.0. The van der Waals surface area contributed by atoms with E-state index in [2.05, 4.69) is 20.6 Å². The molecule has 0 saturated carbocycles. The number of carbonyl (C=O) groups excluding carboxylic acids is 1. The molecule has 1 amide bonds. The Hall–Kier alpha value is -1.72. The highest BCUT2D eigenvalue weighted by Crippen LogP contribution is 2.21. The zero-order valence-corrected chi connectivity index (χ0v) is 11.7. The highest BCUT2D eigenvalue weighted by molar-refractivity contribution is 6.32. The Morgan fingerprint density at radius 2 is 2.00 bits per heavy atom. The Kier molecular flexibility index (Phi) is 3.80. The highest BCUT2D eigenvalue weighted by Gasteiger charge is 2.21. The molecule has 0 spiro atoms. The number of carbonyl (C=O) groups is 1. The molecule has 0 radical (unpaired) electrons. The number of halogens is 1. The molecule has 104 valence electrons. The number of aromatic nitrogens is 2. The summed E-state index contributed by atoms with van der Waals surface area (Å²) in [5.74, 6) is 0.221. The number of anilines is 1. The van der Waals surface area contributed by atoms with E-state index in [0.29, 0.717) is 16.9 Å². The molecular weight excluding hydrogens is 276 g/mol. The summed E-state index contributed by atoms with van der Waals surface area (Å²) in [6.45, 7) is 0.870. The van der Waals surface area contributed by atoms with E-state index in [-0.39, 0.29) is 17.1 Å². The van der Waals surface area contributed by atoms with E-state index in [1.165, 1.54) is 0 Å². The van der Waals surface area contributed by atoms with Crippen LogP contribution in [0.5, 0.6) is 0 Å². The van der Waals surface area contributed by atoms with Crippen molar-refractivity contribution in [1.29, 1.82) is 0 Å². The van der Waals surface area contributed by atoms with Crippen molar-refractivity contribution in [2.45, 2.75) is 25.3 Å². The standard InChI is InChI=1S/C14H15ClN4O/c15-12-13(18-10-6-2-1-5-9(10)17-12)19-14(20)11-7-3-4-8-16-11/h1-2,5-6,11,16H,3-4,7-8H2,(H,18,19,20)/t11-/m0/s1. The predicted octanol–water partition coefficient (Wildman–Crippen LogP) is 2.36. The van der Waals surface area contributed by atoms with Crippen LogP contribution in [0, 0.1) is 0 Å². The van der Waals surface area contributed by atoms with Gasteiger partial charge in [0.1, 0.15) is 0 Å². The number of para-hydroxylation sites is 2. The van der Waals surface area contributed by atoms with Gasteiger partial charge in [0.15, 0.2) is 11.0 Å². The van der Waals surface area contributed by atoms with Gasteiger partial charge in [-0.05, 0) is 31.5 Å². The summed E-state index contributed by atoms with van der Waals surface area (Å²) < 4.78 is 0. The normalized spacial score (nSPS) is 18.9. The molecule has 1 fully saturated rings. The molecule has 1 aliphatic heterocycles. The van der Waals surface area contributed by atoms with Crippen LogP contribution < -0.4 is 10.6 Å². The number of amides is 1. The summed E-state index contributed by atoms with van der Waals surface area (Å²) in [6.07, 6.45) is 3.01. The molecule has 1 aliphatic rings.